The Morgan fingerprint density at radius 2 is 0.590 bits per heavy atom. The number of carbonyl (C=O) groups is 4. The van der Waals surface area contributed by atoms with E-state index < -0.39 is 332 Å². The minimum atomic E-state index is -5.41. The normalized spacial score (nSPS) is 47.1. The second-order valence-corrected chi connectivity index (χ2v) is 26.9. The summed E-state index contributed by atoms with van der Waals surface area (Å²) in [5, 5.41) is 242. The fourth-order valence-corrected chi connectivity index (χ4v) is 13.7. The van der Waals surface area contributed by atoms with E-state index in [0.717, 1.165) is 27.7 Å². The number of aliphatic hydroxyl groups excluding tert-OH is 21. The Labute approximate surface area is 594 Å². The average Bonchev–Trinajstić information content (AvgIpc) is 0.771. The van der Waals surface area contributed by atoms with E-state index in [1.165, 1.54) is 0 Å². The number of hydrogen-bond donors (Lipinski definition) is 26. The van der Waals surface area contributed by atoms with Gasteiger partial charge in [0.25, 0.3) is 0 Å². The second kappa shape index (κ2) is 37.6. The third-order valence-electron chi connectivity index (χ3n) is 18.5. The average molecular weight is 1560 g/mol. The topological polar surface area (TPSA) is 743 Å². The molecule has 8 saturated heterocycles. The Kier molecular flexibility index (Phi) is 31.1. The molecule has 8 aliphatic rings. The molecule has 26 N–H and O–H groups in total. The van der Waals surface area contributed by atoms with Crippen molar-refractivity contribution < 1.29 is 215 Å². The number of carbonyl (C=O) groups excluding carboxylic acids is 4. The van der Waals surface area contributed by atoms with Gasteiger partial charge in [0.05, 0.1) is 52.9 Å². The van der Waals surface area contributed by atoms with E-state index in [1.807, 2.05) is 0 Å². The van der Waals surface area contributed by atoms with E-state index in [0.29, 0.717) is 0 Å². The van der Waals surface area contributed by atoms with Gasteiger partial charge >= 0.3 is 10.4 Å². The predicted octanol–water partition coefficient (Wildman–Crippen LogP) is -18.0. The maximum Gasteiger partial charge on any atom is 0.397 e. The molecule has 49 heteroatoms. The summed E-state index contributed by atoms with van der Waals surface area (Å²) < 4.78 is 125. The zero-order chi connectivity index (χ0) is 77.7. The molecule has 8 rings (SSSR count). The molecule has 0 radical (unpaired) electrons. The van der Waals surface area contributed by atoms with Gasteiger partial charge in [-0.05, 0) is 0 Å². The third-order valence-corrected chi connectivity index (χ3v) is 18.9. The van der Waals surface area contributed by atoms with Crippen molar-refractivity contribution in [2.24, 2.45) is 0 Å². The molecule has 0 aliphatic carbocycles. The summed E-state index contributed by atoms with van der Waals surface area (Å²) in [4.78, 5) is 50.4. The number of amides is 4. The molecule has 0 saturated carbocycles. The van der Waals surface area contributed by atoms with Crippen LogP contribution in [0.25, 0.3) is 0 Å². The highest BCUT2D eigenvalue weighted by molar-refractivity contribution is 7.80. The van der Waals surface area contributed by atoms with Crippen LogP contribution < -0.4 is 21.3 Å². The lowest BCUT2D eigenvalue weighted by atomic mass is 9.93. The highest BCUT2D eigenvalue weighted by atomic mass is 32.3. The molecule has 8 fully saturated rings. The van der Waals surface area contributed by atoms with Gasteiger partial charge in [-0.2, -0.15) is 8.42 Å². The molecule has 608 valence electrons. The van der Waals surface area contributed by atoms with Crippen LogP contribution in [-0.4, -0.2) is 442 Å². The van der Waals surface area contributed by atoms with Gasteiger partial charge in [0.1, 0.15) is 195 Å². The number of ether oxygens (including phenoxy) is 15. The standard InChI is InChI=1S/C56H94N4O44S/c1-13(68)57-25-33(76)42(20(8-64)90-49(25)85)98-50-26(58-14(2)69)35(78)44(22(10-66)94-50)100-55-41(84)47(32(75)24(97-55)12-89-53-40(83)46(31(74)19(7-63)91-53)101-54-39(82)37(80)29(72)17(5-61)92-54)102-56-48(38(81)30(73)18(6-62)93-56)103-52-27(59-15(3)70)34(77)43(21(9-65)95-52)99-51-28(60-16(4)71)36(79)45(23(11-67)96-51)104-105(86,87)88/h17-56,61-67,72-85H,5-12H2,1-4H3,(H,57,68)(H,58,69)(H,59,70)(H,60,71)(H,86,87,88)/t17-,18-,19-,20-,21-,22-,23-,24-,25-,26-,27-,28-,29-,30-,31-,32-,33-,34-,35-,36-,37+,38+,39+,40+,41+,42-,43-,44-,45+,46+,47+,48+,49-,50+,51+,52+,53+,54-,55+,56-/m1/s1. The Bertz CT molecular complexity index is 2910. The van der Waals surface area contributed by atoms with Crippen molar-refractivity contribution in [2.75, 3.05) is 52.9 Å². The van der Waals surface area contributed by atoms with Gasteiger partial charge in [-0.15, -0.1) is 0 Å². The van der Waals surface area contributed by atoms with E-state index >= 15 is 0 Å². The van der Waals surface area contributed by atoms with Crippen molar-refractivity contribution in [1.82, 2.24) is 21.3 Å². The molecular weight excluding hydrogens is 1460 g/mol. The molecule has 0 unspecified atom stereocenters. The van der Waals surface area contributed by atoms with E-state index in [1.54, 1.807) is 0 Å². The van der Waals surface area contributed by atoms with Crippen molar-refractivity contribution in [1.29, 1.82) is 0 Å². The molecular formula is C56H94N4O44S. The van der Waals surface area contributed by atoms with Crippen LogP contribution in [0.5, 0.6) is 0 Å². The van der Waals surface area contributed by atoms with Crippen LogP contribution >= 0.6 is 0 Å². The number of aliphatic hydroxyl groups is 21. The molecule has 0 aromatic heterocycles. The summed E-state index contributed by atoms with van der Waals surface area (Å²) in [7, 11) is -5.41. The molecule has 8 aliphatic heterocycles. The maximum absolute atomic E-state index is 13.0. The Balaban J connectivity index is 1.12. The fraction of sp³-hybridized carbons (Fsp3) is 0.929. The number of nitrogens with one attached hydrogen (secondary N) is 4. The molecule has 48 nitrogen and oxygen atoms in total. The molecule has 0 aromatic rings. The molecule has 40 atom stereocenters. The van der Waals surface area contributed by atoms with Crippen LogP contribution in [-0.2, 0) is 105 Å². The van der Waals surface area contributed by atoms with Crippen LogP contribution in [0.4, 0.5) is 0 Å². The molecule has 0 bridgehead atoms. The Morgan fingerprint density at radius 3 is 1.03 bits per heavy atom. The summed E-state index contributed by atoms with van der Waals surface area (Å²) in [6.07, 6.45) is -75.6. The highest BCUT2D eigenvalue weighted by Gasteiger charge is 2.60. The number of rotatable bonds is 28. The SMILES string of the molecule is CC(=O)N[C@@H]1[C@@H](O)[C@H](O[C@@H]2O[C@H](CO)[C@@H](O[C@@H]3O[C@H](CO[C@H]4O[C@H](CO)[C@@H](O)[C@H](O[C@H]5O[C@H](CO)[C@@H](O)[C@H](O)[C@@H]5O)[C@@H]4O)[C@@H](O)[C@H](O[C@H]4O[C@H](CO)[C@@H](O)[C@H](O)[C@@H]4O[C@@H]4O[C@H](CO)[C@@H](O[C@@H]5O[C@H](CO)[C@H](OS(=O)(=O)O)[C@H](O)[C@H]5NC(C)=O)[C@H](O)[C@H]4NC(C)=O)[C@@H]3O)[C@H](O)[C@H]2NC(C)=O)[C@@H](CO)O[C@H]1O. The first kappa shape index (κ1) is 86.9. The molecule has 4 amide bonds. The molecule has 8 heterocycles. The minimum absolute atomic E-state index is 0.780. The van der Waals surface area contributed by atoms with Crippen molar-refractivity contribution in [3.05, 3.63) is 0 Å². The number of hydrogen-bond acceptors (Lipinski definition) is 43. The lowest BCUT2D eigenvalue weighted by Crippen LogP contribution is -2.71. The second-order valence-electron chi connectivity index (χ2n) is 25.9. The predicted molar refractivity (Wildman–Crippen MR) is 321 cm³/mol. The summed E-state index contributed by atoms with van der Waals surface area (Å²) in [5.74, 6) is -3.65. The van der Waals surface area contributed by atoms with Gasteiger partial charge in [-0.1, -0.05) is 0 Å². The van der Waals surface area contributed by atoms with Crippen LogP contribution in [0.15, 0.2) is 0 Å². The van der Waals surface area contributed by atoms with Crippen molar-refractivity contribution in [3.8, 4) is 0 Å². The van der Waals surface area contributed by atoms with Gasteiger partial charge < -0.3 is 200 Å². The van der Waals surface area contributed by atoms with Crippen molar-refractivity contribution in [2.45, 2.75) is 273 Å². The quantitative estimate of drug-likeness (QED) is 0.0324. The van der Waals surface area contributed by atoms with Gasteiger partial charge in [-0.25, -0.2) is 4.18 Å². The van der Waals surface area contributed by atoms with Gasteiger partial charge in [-0.3, -0.25) is 23.7 Å². The van der Waals surface area contributed by atoms with Crippen molar-refractivity contribution in [3.63, 3.8) is 0 Å². The third kappa shape index (κ3) is 20.0. The summed E-state index contributed by atoms with van der Waals surface area (Å²) in [6.45, 7) is -5.13. The zero-order valence-electron chi connectivity index (χ0n) is 56.0. The lowest BCUT2D eigenvalue weighted by molar-refractivity contribution is -0.397. The first-order valence-electron chi connectivity index (χ1n) is 32.8. The van der Waals surface area contributed by atoms with E-state index in [4.69, 9.17) is 71.1 Å². The highest BCUT2D eigenvalue weighted by Crippen LogP contribution is 2.39. The van der Waals surface area contributed by atoms with E-state index in [-0.39, 0.29) is 0 Å². The fourth-order valence-electron chi connectivity index (χ4n) is 13.2. The van der Waals surface area contributed by atoms with Gasteiger partial charge in [0.15, 0.2) is 50.3 Å². The molecule has 0 spiro atoms. The monoisotopic (exact) mass is 1560 g/mol. The van der Waals surface area contributed by atoms with Crippen LogP contribution in [0, 0.1) is 0 Å². The summed E-state index contributed by atoms with van der Waals surface area (Å²) in [6, 6.07) is -7.46. The largest absolute Gasteiger partial charge is 0.397 e. The van der Waals surface area contributed by atoms with Gasteiger partial charge in [0, 0.05) is 27.7 Å². The summed E-state index contributed by atoms with van der Waals surface area (Å²) >= 11 is 0. The maximum atomic E-state index is 13.0. The van der Waals surface area contributed by atoms with Crippen LogP contribution in [0.2, 0.25) is 0 Å². The zero-order valence-corrected chi connectivity index (χ0v) is 56.8. The van der Waals surface area contributed by atoms with Crippen molar-refractivity contribution >= 4 is 34.0 Å². The first-order chi connectivity index (χ1) is 49.5. The van der Waals surface area contributed by atoms with E-state index in [9.17, 15) is 139 Å². The molecule has 105 heavy (non-hydrogen) atoms. The van der Waals surface area contributed by atoms with E-state index in [2.05, 4.69) is 25.5 Å². The van der Waals surface area contributed by atoms with Crippen LogP contribution in [0.3, 0.4) is 0 Å². The van der Waals surface area contributed by atoms with Crippen LogP contribution in [0.1, 0.15) is 27.7 Å². The Hall–Kier alpha value is -3.69. The Morgan fingerprint density at radius 1 is 0.295 bits per heavy atom. The van der Waals surface area contributed by atoms with Gasteiger partial charge in [0.2, 0.25) is 23.6 Å². The first-order valence-corrected chi connectivity index (χ1v) is 34.1. The minimum Gasteiger partial charge on any atom is -0.394 e. The summed E-state index contributed by atoms with van der Waals surface area (Å²) in [5.41, 5.74) is 0. The lowest BCUT2D eigenvalue weighted by Gasteiger charge is -2.51. The molecule has 0 aromatic carbocycles. The smallest absolute Gasteiger partial charge is 0.394 e.